The summed E-state index contributed by atoms with van der Waals surface area (Å²) in [5, 5.41) is 15.3. The summed E-state index contributed by atoms with van der Waals surface area (Å²) in [6.45, 7) is 10.1. The van der Waals surface area contributed by atoms with Gasteiger partial charge >= 0.3 is 0 Å². The first kappa shape index (κ1) is 31.5. The Kier molecular flexibility index (Phi) is 9.63. The smallest absolute Gasteiger partial charge is 0.267 e. The average molecular weight is 562 g/mol. The van der Waals surface area contributed by atoms with Crippen LogP contribution in [0.25, 0.3) is 0 Å². The Morgan fingerprint density at radius 3 is 2.37 bits per heavy atom. The Morgan fingerprint density at radius 1 is 1.29 bits per heavy atom. The van der Waals surface area contributed by atoms with Gasteiger partial charge in [-0.3, -0.25) is 14.6 Å². The highest BCUT2D eigenvalue weighted by atomic mass is 32.1. The van der Waals surface area contributed by atoms with Gasteiger partial charge in [-0.25, -0.2) is 22.5 Å². The van der Waals surface area contributed by atoms with Crippen LogP contribution in [0.1, 0.15) is 72.4 Å². The Morgan fingerprint density at radius 2 is 1.89 bits per heavy atom. The van der Waals surface area contributed by atoms with Gasteiger partial charge in [0.15, 0.2) is 6.04 Å². The quantitative estimate of drug-likeness (QED) is 0.183. The van der Waals surface area contributed by atoms with Crippen molar-refractivity contribution in [1.82, 2.24) is 15.2 Å². The molecule has 0 radical (unpaired) electrons. The summed E-state index contributed by atoms with van der Waals surface area (Å²) in [7, 11) is 0. The van der Waals surface area contributed by atoms with E-state index in [1.54, 1.807) is 0 Å². The van der Waals surface area contributed by atoms with Crippen LogP contribution in [0, 0.1) is 0 Å². The minimum Gasteiger partial charge on any atom is -0.389 e. The Balaban J connectivity index is 2.54. The number of aliphatic imine (C=N–C) groups is 1. The van der Waals surface area contributed by atoms with Gasteiger partial charge in [-0.05, 0) is 54.5 Å². The van der Waals surface area contributed by atoms with Gasteiger partial charge in [0.1, 0.15) is 5.82 Å². The molecule has 1 fully saturated rings. The van der Waals surface area contributed by atoms with Crippen molar-refractivity contribution in [2.45, 2.75) is 90.5 Å². The largest absolute Gasteiger partial charge is 0.389 e. The summed E-state index contributed by atoms with van der Waals surface area (Å²) in [5.74, 6) is -4.67. The molecular formula is C25H35F4N5O3S. The number of thiocarbonyl (C=S) groups is 1. The minimum absolute atomic E-state index is 0.140. The molecule has 13 heteroatoms. The number of nitrogens with one attached hydrogen (secondary N) is 2. The second-order valence-electron chi connectivity index (χ2n) is 11.2. The minimum atomic E-state index is -3.14. The molecule has 2 heterocycles. The molecule has 1 aliphatic heterocycles. The predicted molar refractivity (Wildman–Crippen MR) is 141 cm³/mol. The zero-order valence-electron chi connectivity index (χ0n) is 22.5. The molecule has 0 spiro atoms. The van der Waals surface area contributed by atoms with Crippen LogP contribution in [-0.4, -0.2) is 79.6 Å². The third-order valence-corrected chi connectivity index (χ3v) is 6.01. The van der Waals surface area contributed by atoms with Gasteiger partial charge in [0.25, 0.3) is 24.2 Å². The van der Waals surface area contributed by atoms with Crippen LogP contribution in [-0.2, 0) is 9.59 Å². The van der Waals surface area contributed by atoms with Crippen LogP contribution in [0.3, 0.4) is 0 Å². The van der Waals surface area contributed by atoms with Gasteiger partial charge < -0.3 is 20.6 Å². The number of carbonyl (C=O) groups is 2. The van der Waals surface area contributed by atoms with E-state index in [2.05, 4.69) is 20.6 Å². The van der Waals surface area contributed by atoms with Crippen molar-refractivity contribution in [3.05, 3.63) is 23.4 Å². The predicted octanol–water partition coefficient (Wildman–Crippen LogP) is 3.92. The van der Waals surface area contributed by atoms with E-state index in [1.807, 2.05) is 20.8 Å². The number of hydrogen-bond donors (Lipinski definition) is 3. The fourth-order valence-electron chi connectivity index (χ4n) is 3.82. The van der Waals surface area contributed by atoms with E-state index in [0.717, 1.165) is 17.2 Å². The monoisotopic (exact) mass is 561 g/mol. The molecular weight excluding hydrogens is 526 g/mol. The maximum absolute atomic E-state index is 14.1. The number of amides is 2. The molecule has 1 aromatic heterocycles. The van der Waals surface area contributed by atoms with Crippen molar-refractivity contribution in [1.29, 1.82) is 0 Å². The first-order valence-corrected chi connectivity index (χ1v) is 12.5. The first-order chi connectivity index (χ1) is 17.2. The Hall–Kier alpha value is -2.67. The maximum Gasteiger partial charge on any atom is 0.267 e. The van der Waals surface area contributed by atoms with E-state index in [1.165, 1.54) is 27.7 Å². The van der Waals surface area contributed by atoms with Crippen LogP contribution in [0.2, 0.25) is 0 Å². The van der Waals surface area contributed by atoms with Gasteiger partial charge in [0, 0.05) is 41.9 Å². The van der Waals surface area contributed by atoms with Crippen LogP contribution in [0.4, 0.5) is 23.4 Å². The zero-order chi connectivity index (χ0) is 29.2. The fraction of sp³-hybridized carbons (Fsp3) is 0.640. The fourth-order valence-corrected chi connectivity index (χ4v) is 4.15. The highest BCUT2D eigenvalue weighted by Gasteiger charge is 2.47. The van der Waals surface area contributed by atoms with Crippen LogP contribution in [0.5, 0.6) is 0 Å². The molecule has 1 aromatic rings. The summed E-state index contributed by atoms with van der Waals surface area (Å²) in [5.41, 5.74) is -2.74. The number of anilines is 1. The molecule has 212 valence electrons. The summed E-state index contributed by atoms with van der Waals surface area (Å²) in [6.07, 6.45) is -2.50. The van der Waals surface area contributed by atoms with Crippen molar-refractivity contribution in [3.63, 3.8) is 0 Å². The topological polar surface area (TPSA) is 107 Å². The first-order valence-electron chi connectivity index (χ1n) is 12.0. The van der Waals surface area contributed by atoms with Gasteiger partial charge in [-0.2, -0.15) is 0 Å². The molecule has 1 saturated heterocycles. The number of hydrogen-bond acceptors (Lipinski definition) is 7. The zero-order valence-corrected chi connectivity index (χ0v) is 23.4. The van der Waals surface area contributed by atoms with E-state index in [4.69, 9.17) is 12.2 Å². The maximum atomic E-state index is 14.1. The number of alkyl halides is 4. The molecule has 0 bridgehead atoms. The van der Waals surface area contributed by atoms with Crippen molar-refractivity contribution in [3.8, 4) is 0 Å². The molecule has 38 heavy (non-hydrogen) atoms. The van der Waals surface area contributed by atoms with Gasteiger partial charge in [0.05, 0.1) is 22.7 Å². The molecule has 0 aliphatic carbocycles. The standard InChI is InChI=1S/C25H35F4N5O3S/c1-13-9-25(28,29)12-34(13)22(36)18(32-14(2)21(35)31-11-24(6,7)37)19(38)16-10-30-17(33-23(3,4)5)8-15(16)20(26)27/h8,10,13,18,20,37H,9,11-12H2,1-7H3,(H,30,33)(H,31,35)/t13-,18?/m0/s1. The van der Waals surface area contributed by atoms with Crippen LogP contribution >= 0.6 is 12.2 Å². The lowest BCUT2D eigenvalue weighted by Gasteiger charge is -2.26. The number of halogens is 4. The number of carbonyl (C=O) groups excluding carboxylic acids is 2. The SMILES string of the molecule is CC(=NC(C(=O)N1CC(F)(F)C[C@@H]1C)C(=S)c1cnc(NC(C)(C)C)cc1C(F)F)C(=O)NCC(C)(C)O. The number of aliphatic hydroxyl groups is 1. The third-order valence-electron chi connectivity index (χ3n) is 5.57. The highest BCUT2D eigenvalue weighted by molar-refractivity contribution is 7.81. The van der Waals surface area contributed by atoms with E-state index < -0.39 is 65.9 Å². The molecule has 0 saturated carbocycles. The summed E-state index contributed by atoms with van der Waals surface area (Å²) in [4.78, 5) is 34.8. The molecule has 2 atom stereocenters. The lowest BCUT2D eigenvalue weighted by Crippen LogP contribution is -2.46. The molecule has 8 nitrogen and oxygen atoms in total. The second kappa shape index (κ2) is 11.6. The number of aromatic nitrogens is 1. The van der Waals surface area contributed by atoms with Crippen molar-refractivity contribution in [2.24, 2.45) is 4.99 Å². The van der Waals surface area contributed by atoms with Crippen molar-refractivity contribution >= 4 is 40.4 Å². The molecule has 1 aliphatic rings. The van der Waals surface area contributed by atoms with Gasteiger partial charge in [-0.1, -0.05) is 12.2 Å². The van der Waals surface area contributed by atoms with E-state index in [-0.39, 0.29) is 28.5 Å². The molecule has 1 unspecified atom stereocenters. The van der Waals surface area contributed by atoms with E-state index in [0.29, 0.717) is 0 Å². The number of nitrogens with zero attached hydrogens (tertiary/aromatic N) is 3. The van der Waals surface area contributed by atoms with Crippen LogP contribution < -0.4 is 10.6 Å². The number of rotatable bonds is 9. The van der Waals surface area contributed by atoms with Gasteiger partial charge in [0.2, 0.25) is 0 Å². The van der Waals surface area contributed by atoms with Crippen molar-refractivity contribution in [2.75, 3.05) is 18.4 Å². The molecule has 3 N–H and O–H groups in total. The Bertz CT molecular complexity index is 1100. The van der Waals surface area contributed by atoms with Crippen molar-refractivity contribution < 1.29 is 32.3 Å². The van der Waals surface area contributed by atoms with E-state index in [9.17, 15) is 32.3 Å². The molecule has 2 amide bonds. The number of pyridine rings is 1. The lowest BCUT2D eigenvalue weighted by atomic mass is 10.0. The highest BCUT2D eigenvalue weighted by Crippen LogP contribution is 2.33. The van der Waals surface area contributed by atoms with E-state index >= 15 is 0 Å². The average Bonchev–Trinajstić information content (AvgIpc) is 3.05. The number of likely N-dealkylation sites (tertiary alicyclic amines) is 1. The molecule has 2 rings (SSSR count). The van der Waals surface area contributed by atoms with Crippen LogP contribution in [0.15, 0.2) is 17.3 Å². The second-order valence-corrected chi connectivity index (χ2v) is 11.6. The summed E-state index contributed by atoms with van der Waals surface area (Å²) in [6, 6.07) is -1.47. The van der Waals surface area contributed by atoms with Gasteiger partial charge in [-0.15, -0.1) is 0 Å². The summed E-state index contributed by atoms with van der Waals surface area (Å²) < 4.78 is 56.4. The lowest BCUT2D eigenvalue weighted by molar-refractivity contribution is -0.132. The molecule has 0 aromatic carbocycles. The third kappa shape index (κ3) is 8.69. The summed E-state index contributed by atoms with van der Waals surface area (Å²) >= 11 is 5.43. The Labute approximate surface area is 225 Å². The normalized spacial score (nSPS) is 18.9.